The zero-order chi connectivity index (χ0) is 21.5. The minimum absolute atomic E-state index is 0.0668. The highest BCUT2D eigenvalue weighted by molar-refractivity contribution is 7.19. The third kappa shape index (κ3) is 5.38. The summed E-state index contributed by atoms with van der Waals surface area (Å²) in [6.07, 6.45) is 0. The molecule has 0 bridgehead atoms. The van der Waals surface area contributed by atoms with Crippen LogP contribution in [0.25, 0.3) is 21.8 Å². The summed E-state index contributed by atoms with van der Waals surface area (Å²) in [6, 6.07) is 12.8. The quantitative estimate of drug-likeness (QED) is 0.510. The smallest absolute Gasteiger partial charge is 0.267 e. The molecule has 0 radical (unpaired) electrons. The van der Waals surface area contributed by atoms with Gasteiger partial charge in [0.2, 0.25) is 5.91 Å². The fraction of sp³-hybridized carbons (Fsp3) is 0.333. The van der Waals surface area contributed by atoms with Gasteiger partial charge in [0.05, 0.1) is 29.8 Å². The van der Waals surface area contributed by atoms with Crippen molar-refractivity contribution >= 4 is 22.4 Å². The van der Waals surface area contributed by atoms with E-state index < -0.39 is 0 Å². The highest BCUT2D eigenvalue weighted by Gasteiger charge is 2.18. The molecule has 0 unspecified atom stereocenters. The molecule has 0 atom stereocenters. The molecule has 9 heteroatoms. The van der Waals surface area contributed by atoms with E-state index in [1.807, 2.05) is 44.2 Å². The Balaban J connectivity index is 1.93. The Morgan fingerprint density at radius 3 is 2.67 bits per heavy atom. The molecule has 0 aliphatic heterocycles. The lowest BCUT2D eigenvalue weighted by Crippen LogP contribution is -2.30. The molecule has 0 saturated heterocycles. The van der Waals surface area contributed by atoms with Crippen molar-refractivity contribution in [3.63, 3.8) is 0 Å². The molecular weight excluding hydrogens is 402 g/mol. The summed E-state index contributed by atoms with van der Waals surface area (Å²) >= 11 is 1.33. The van der Waals surface area contributed by atoms with Crippen LogP contribution in [0, 0.1) is 0 Å². The Bertz CT molecular complexity index is 1050. The van der Waals surface area contributed by atoms with Gasteiger partial charge in [0.25, 0.3) is 5.56 Å². The van der Waals surface area contributed by atoms with Gasteiger partial charge in [-0.3, -0.25) is 9.59 Å². The second-order valence-corrected chi connectivity index (χ2v) is 7.87. The summed E-state index contributed by atoms with van der Waals surface area (Å²) in [5.74, 6) is -0.189. The summed E-state index contributed by atoms with van der Waals surface area (Å²) in [5.41, 5.74) is 2.10. The van der Waals surface area contributed by atoms with Crippen molar-refractivity contribution in [3.05, 3.63) is 52.8 Å². The SMILES string of the molecule is COCCNCC(=O)Nc1nc(-c2ccccc2)c(-c2ccc(=O)n(C(C)C)n2)s1. The van der Waals surface area contributed by atoms with Crippen molar-refractivity contribution < 1.29 is 9.53 Å². The van der Waals surface area contributed by atoms with Gasteiger partial charge in [-0.15, -0.1) is 0 Å². The normalized spacial score (nSPS) is 11.1. The van der Waals surface area contributed by atoms with E-state index in [9.17, 15) is 9.59 Å². The highest BCUT2D eigenvalue weighted by Crippen LogP contribution is 2.37. The predicted octanol–water partition coefficient (Wildman–Crippen LogP) is 2.79. The Hall–Kier alpha value is -2.88. The average Bonchev–Trinajstić information content (AvgIpc) is 3.15. The first-order chi connectivity index (χ1) is 14.5. The maximum absolute atomic E-state index is 12.2. The lowest BCUT2D eigenvalue weighted by molar-refractivity contribution is -0.115. The van der Waals surface area contributed by atoms with Crippen LogP contribution < -0.4 is 16.2 Å². The Morgan fingerprint density at radius 2 is 1.97 bits per heavy atom. The minimum atomic E-state index is -0.189. The van der Waals surface area contributed by atoms with Crippen molar-refractivity contribution in [2.24, 2.45) is 0 Å². The number of anilines is 1. The van der Waals surface area contributed by atoms with Crippen molar-refractivity contribution in [3.8, 4) is 21.8 Å². The number of hydrogen-bond donors (Lipinski definition) is 2. The second-order valence-electron chi connectivity index (χ2n) is 6.88. The molecule has 2 heterocycles. The number of nitrogens with one attached hydrogen (secondary N) is 2. The van der Waals surface area contributed by atoms with E-state index >= 15 is 0 Å². The van der Waals surface area contributed by atoms with Crippen molar-refractivity contribution in [2.75, 3.05) is 32.1 Å². The number of benzene rings is 1. The van der Waals surface area contributed by atoms with E-state index in [1.54, 1.807) is 13.2 Å². The van der Waals surface area contributed by atoms with Gasteiger partial charge in [0.15, 0.2) is 5.13 Å². The number of carbonyl (C=O) groups is 1. The van der Waals surface area contributed by atoms with E-state index in [1.165, 1.54) is 22.1 Å². The Labute approximate surface area is 178 Å². The fourth-order valence-corrected chi connectivity index (χ4v) is 3.76. The van der Waals surface area contributed by atoms with Gasteiger partial charge in [0, 0.05) is 25.3 Å². The third-order valence-electron chi connectivity index (χ3n) is 4.24. The zero-order valence-corrected chi connectivity index (χ0v) is 18.0. The topological polar surface area (TPSA) is 98.1 Å². The molecule has 0 spiro atoms. The summed E-state index contributed by atoms with van der Waals surface area (Å²) in [7, 11) is 1.61. The van der Waals surface area contributed by atoms with Gasteiger partial charge in [-0.25, -0.2) is 9.67 Å². The molecule has 2 aromatic heterocycles. The summed E-state index contributed by atoms with van der Waals surface area (Å²) < 4.78 is 6.40. The number of methoxy groups -OCH3 is 1. The first kappa shape index (κ1) is 21.8. The van der Waals surface area contributed by atoms with Crippen LogP contribution in [-0.2, 0) is 9.53 Å². The Morgan fingerprint density at radius 1 is 1.20 bits per heavy atom. The van der Waals surface area contributed by atoms with Crippen LogP contribution in [0.2, 0.25) is 0 Å². The number of aromatic nitrogens is 3. The van der Waals surface area contributed by atoms with Crippen LogP contribution >= 0.6 is 11.3 Å². The molecule has 0 aliphatic carbocycles. The number of carbonyl (C=O) groups excluding carboxylic acids is 1. The third-order valence-corrected chi connectivity index (χ3v) is 5.23. The average molecular weight is 428 g/mol. The van der Waals surface area contributed by atoms with E-state index in [-0.39, 0.29) is 24.1 Å². The van der Waals surface area contributed by atoms with Crippen LogP contribution in [0.5, 0.6) is 0 Å². The van der Waals surface area contributed by atoms with Crippen LogP contribution in [0.3, 0.4) is 0 Å². The van der Waals surface area contributed by atoms with Crippen LogP contribution in [0.15, 0.2) is 47.3 Å². The maximum atomic E-state index is 12.2. The molecule has 2 N–H and O–H groups in total. The van der Waals surface area contributed by atoms with Gasteiger partial charge in [0.1, 0.15) is 5.69 Å². The number of amides is 1. The minimum Gasteiger partial charge on any atom is -0.383 e. The summed E-state index contributed by atoms with van der Waals surface area (Å²) in [6.45, 7) is 5.10. The molecule has 0 fully saturated rings. The van der Waals surface area contributed by atoms with Crippen LogP contribution in [-0.4, -0.2) is 47.5 Å². The molecule has 1 amide bonds. The largest absolute Gasteiger partial charge is 0.383 e. The molecule has 1 aromatic carbocycles. The van der Waals surface area contributed by atoms with Gasteiger partial charge in [-0.05, 0) is 19.9 Å². The Kier molecular flexibility index (Phi) is 7.45. The lowest BCUT2D eigenvalue weighted by Gasteiger charge is -2.09. The molecule has 3 rings (SSSR count). The number of hydrogen-bond acceptors (Lipinski definition) is 7. The zero-order valence-electron chi connectivity index (χ0n) is 17.2. The van der Waals surface area contributed by atoms with E-state index in [4.69, 9.17) is 4.74 Å². The molecule has 3 aromatic rings. The maximum Gasteiger partial charge on any atom is 0.267 e. The van der Waals surface area contributed by atoms with Gasteiger partial charge in [-0.1, -0.05) is 41.7 Å². The summed E-state index contributed by atoms with van der Waals surface area (Å²) in [5, 5.41) is 10.8. The van der Waals surface area contributed by atoms with Crippen molar-refractivity contribution in [1.82, 2.24) is 20.1 Å². The molecule has 0 saturated carbocycles. The first-order valence-electron chi connectivity index (χ1n) is 9.65. The second kappa shape index (κ2) is 10.2. The van der Waals surface area contributed by atoms with Crippen molar-refractivity contribution in [1.29, 1.82) is 0 Å². The van der Waals surface area contributed by atoms with Crippen LogP contribution in [0.1, 0.15) is 19.9 Å². The van der Waals surface area contributed by atoms with Crippen molar-refractivity contribution in [2.45, 2.75) is 19.9 Å². The predicted molar refractivity (Wildman–Crippen MR) is 119 cm³/mol. The van der Waals surface area contributed by atoms with Crippen LogP contribution in [0.4, 0.5) is 5.13 Å². The standard InChI is InChI=1S/C21H25N5O3S/c1-14(2)26-18(28)10-9-16(25-26)20-19(15-7-5-4-6-8-15)24-21(30-20)23-17(27)13-22-11-12-29-3/h4-10,14,22H,11-13H2,1-3H3,(H,23,24,27). The lowest BCUT2D eigenvalue weighted by atomic mass is 10.1. The number of rotatable bonds is 9. The number of ether oxygens (including phenoxy) is 1. The van der Waals surface area contributed by atoms with Gasteiger partial charge >= 0.3 is 0 Å². The van der Waals surface area contributed by atoms with E-state index in [0.29, 0.717) is 29.7 Å². The molecule has 30 heavy (non-hydrogen) atoms. The van der Waals surface area contributed by atoms with E-state index in [2.05, 4.69) is 20.7 Å². The monoisotopic (exact) mass is 427 g/mol. The number of thiazole rings is 1. The number of nitrogens with zero attached hydrogens (tertiary/aromatic N) is 3. The molecular formula is C21H25N5O3S. The first-order valence-corrected chi connectivity index (χ1v) is 10.5. The van der Waals surface area contributed by atoms with E-state index in [0.717, 1.165) is 10.4 Å². The molecule has 158 valence electrons. The fourth-order valence-electron chi connectivity index (χ4n) is 2.79. The van der Waals surface area contributed by atoms with Gasteiger partial charge in [-0.2, -0.15) is 5.10 Å². The summed E-state index contributed by atoms with van der Waals surface area (Å²) in [4.78, 5) is 29.8. The molecule has 0 aliphatic rings. The highest BCUT2D eigenvalue weighted by atomic mass is 32.1. The van der Waals surface area contributed by atoms with Gasteiger partial charge < -0.3 is 15.4 Å². The molecule has 8 nitrogen and oxygen atoms in total.